The third kappa shape index (κ3) is 4.15. The molecule has 1 aromatic carbocycles. The molecule has 1 aliphatic heterocycles. The van der Waals surface area contributed by atoms with Gasteiger partial charge in [-0.1, -0.05) is 12.8 Å². The Balaban J connectivity index is 1.96. The maximum absolute atomic E-state index is 13.2. The van der Waals surface area contributed by atoms with Crippen molar-refractivity contribution in [3.63, 3.8) is 0 Å². The third-order valence-corrected chi connectivity index (χ3v) is 5.20. The number of carboxylic acid groups (broad SMARTS) is 1. The van der Waals surface area contributed by atoms with Crippen LogP contribution in [0.5, 0.6) is 0 Å². The summed E-state index contributed by atoms with van der Waals surface area (Å²) >= 11 is 0. The van der Waals surface area contributed by atoms with Crippen LogP contribution in [0.15, 0.2) is 18.2 Å². The van der Waals surface area contributed by atoms with E-state index >= 15 is 0 Å². The number of alkyl halides is 3. The molecule has 25 heavy (non-hydrogen) atoms. The smallest absolute Gasteiger partial charge is 0.416 e. The molecule has 0 aromatic heterocycles. The Bertz CT molecular complexity index is 626. The molecule has 3 rings (SSSR count). The monoisotopic (exact) mass is 357 g/mol. The van der Waals surface area contributed by atoms with Gasteiger partial charge in [-0.15, -0.1) is 0 Å². The number of carboxylic acids is 1. The first kappa shape index (κ1) is 18.2. The second kappa shape index (κ2) is 7.33. The fraction of sp³-hybridized carbons (Fsp3) is 0.611. The van der Waals surface area contributed by atoms with Crippen LogP contribution in [0.2, 0.25) is 0 Å². The van der Waals surface area contributed by atoms with E-state index in [4.69, 9.17) is 4.74 Å². The van der Waals surface area contributed by atoms with Gasteiger partial charge in [-0.2, -0.15) is 13.2 Å². The van der Waals surface area contributed by atoms with E-state index in [0.29, 0.717) is 18.8 Å². The number of halogens is 3. The molecule has 4 nitrogen and oxygen atoms in total. The van der Waals surface area contributed by atoms with Crippen LogP contribution in [0.1, 0.15) is 53.1 Å². The molecule has 2 aliphatic rings. The first-order valence-corrected chi connectivity index (χ1v) is 8.63. The fourth-order valence-electron chi connectivity index (χ4n) is 4.00. The highest BCUT2D eigenvalue weighted by Crippen LogP contribution is 2.39. The van der Waals surface area contributed by atoms with Crippen LogP contribution in [-0.2, 0) is 10.9 Å². The van der Waals surface area contributed by atoms with E-state index in [1.165, 1.54) is 6.07 Å². The molecule has 0 bridgehead atoms. The van der Waals surface area contributed by atoms with Crippen LogP contribution in [0.25, 0.3) is 0 Å². The van der Waals surface area contributed by atoms with Crippen molar-refractivity contribution in [3.8, 4) is 0 Å². The molecule has 1 aliphatic carbocycles. The predicted molar refractivity (Wildman–Crippen MR) is 85.8 cm³/mol. The van der Waals surface area contributed by atoms with Crippen LogP contribution >= 0.6 is 0 Å². The zero-order chi connectivity index (χ0) is 18.0. The Morgan fingerprint density at radius 3 is 2.44 bits per heavy atom. The van der Waals surface area contributed by atoms with Crippen molar-refractivity contribution in [2.75, 3.05) is 26.3 Å². The molecule has 1 heterocycles. The van der Waals surface area contributed by atoms with Crippen LogP contribution in [0, 0.1) is 0 Å². The van der Waals surface area contributed by atoms with Gasteiger partial charge in [0, 0.05) is 19.1 Å². The van der Waals surface area contributed by atoms with E-state index in [-0.39, 0.29) is 17.5 Å². The Morgan fingerprint density at radius 2 is 1.80 bits per heavy atom. The molecular weight excluding hydrogens is 335 g/mol. The van der Waals surface area contributed by atoms with Crippen molar-refractivity contribution >= 4 is 5.97 Å². The first-order chi connectivity index (χ1) is 11.9. The molecule has 1 aromatic rings. The third-order valence-electron chi connectivity index (χ3n) is 5.20. The number of nitrogens with zero attached hydrogens (tertiary/aromatic N) is 1. The molecule has 1 saturated carbocycles. The van der Waals surface area contributed by atoms with Crippen LogP contribution < -0.4 is 0 Å². The minimum atomic E-state index is -4.55. The Labute approximate surface area is 144 Å². The number of benzene rings is 1. The van der Waals surface area contributed by atoms with Crippen LogP contribution in [0.4, 0.5) is 13.2 Å². The van der Waals surface area contributed by atoms with E-state index in [0.717, 1.165) is 50.9 Å². The Morgan fingerprint density at radius 1 is 1.12 bits per heavy atom. The van der Waals surface area contributed by atoms with Gasteiger partial charge in [-0.3, -0.25) is 4.90 Å². The summed E-state index contributed by atoms with van der Waals surface area (Å²) in [5.41, 5.74) is -0.687. The predicted octanol–water partition coefficient (Wildman–Crippen LogP) is 3.76. The molecule has 7 heteroatoms. The number of rotatable bonds is 3. The summed E-state index contributed by atoms with van der Waals surface area (Å²) in [5, 5.41) is 9.22. The fourth-order valence-corrected chi connectivity index (χ4v) is 4.00. The average molecular weight is 357 g/mol. The van der Waals surface area contributed by atoms with Crippen molar-refractivity contribution in [3.05, 3.63) is 34.9 Å². The van der Waals surface area contributed by atoms with Crippen molar-refractivity contribution < 1.29 is 27.8 Å². The Hall–Kier alpha value is -1.60. The highest BCUT2D eigenvalue weighted by Gasteiger charge is 2.36. The van der Waals surface area contributed by atoms with Gasteiger partial charge in [0.15, 0.2) is 0 Å². The molecule has 0 radical (unpaired) electrons. The lowest BCUT2D eigenvalue weighted by Gasteiger charge is -2.42. The van der Waals surface area contributed by atoms with E-state index in [2.05, 4.69) is 4.90 Å². The average Bonchev–Trinajstić information content (AvgIpc) is 2.61. The highest BCUT2D eigenvalue weighted by atomic mass is 19.4. The van der Waals surface area contributed by atoms with Gasteiger partial charge in [-0.05, 0) is 42.5 Å². The second-order valence-electron chi connectivity index (χ2n) is 6.75. The highest BCUT2D eigenvalue weighted by molar-refractivity contribution is 5.88. The van der Waals surface area contributed by atoms with E-state index in [1.807, 2.05) is 0 Å². The van der Waals surface area contributed by atoms with Crippen molar-refractivity contribution in [2.24, 2.45) is 0 Å². The van der Waals surface area contributed by atoms with Gasteiger partial charge >= 0.3 is 12.1 Å². The Kier molecular flexibility index (Phi) is 5.34. The molecule has 2 atom stereocenters. The molecule has 2 fully saturated rings. The lowest BCUT2D eigenvalue weighted by molar-refractivity contribution is -0.137. The zero-order valence-corrected chi connectivity index (χ0v) is 13.9. The van der Waals surface area contributed by atoms with Gasteiger partial charge in [-0.25, -0.2) is 4.79 Å². The molecule has 1 saturated heterocycles. The summed E-state index contributed by atoms with van der Waals surface area (Å²) in [6, 6.07) is 3.41. The van der Waals surface area contributed by atoms with Gasteiger partial charge in [0.1, 0.15) is 0 Å². The molecule has 2 unspecified atom stereocenters. The van der Waals surface area contributed by atoms with Gasteiger partial charge in [0.25, 0.3) is 0 Å². The number of hydrogen-bond donors (Lipinski definition) is 1. The van der Waals surface area contributed by atoms with Crippen LogP contribution in [-0.4, -0.2) is 48.3 Å². The molecule has 138 valence electrons. The maximum atomic E-state index is 13.2. The van der Waals surface area contributed by atoms with Crippen molar-refractivity contribution in [1.29, 1.82) is 0 Å². The van der Waals surface area contributed by atoms with Crippen molar-refractivity contribution in [2.45, 2.75) is 43.8 Å². The molecule has 0 spiro atoms. The lowest BCUT2D eigenvalue weighted by Crippen LogP contribution is -2.47. The number of aromatic carboxylic acids is 1. The van der Waals surface area contributed by atoms with Gasteiger partial charge in [0.05, 0.1) is 24.3 Å². The van der Waals surface area contributed by atoms with Crippen molar-refractivity contribution in [1.82, 2.24) is 4.90 Å². The molecule has 0 amide bonds. The quantitative estimate of drug-likeness (QED) is 0.895. The SMILES string of the molecule is O=C(O)c1cc(C2CCCCC2N2CCOCC2)cc(C(F)(F)F)c1. The summed E-state index contributed by atoms with van der Waals surface area (Å²) in [4.78, 5) is 13.6. The summed E-state index contributed by atoms with van der Waals surface area (Å²) in [6.07, 6.45) is -0.859. The number of carbonyl (C=O) groups is 1. The largest absolute Gasteiger partial charge is 0.478 e. The molecular formula is C18H22F3NO3. The van der Waals surface area contributed by atoms with E-state index in [9.17, 15) is 23.1 Å². The summed E-state index contributed by atoms with van der Waals surface area (Å²) in [6.45, 7) is 2.80. The number of morpholine rings is 1. The topological polar surface area (TPSA) is 49.8 Å². The van der Waals surface area contributed by atoms with Crippen LogP contribution in [0.3, 0.4) is 0 Å². The van der Waals surface area contributed by atoms with E-state index in [1.54, 1.807) is 0 Å². The summed E-state index contributed by atoms with van der Waals surface area (Å²) in [7, 11) is 0. The lowest BCUT2D eigenvalue weighted by atomic mass is 9.78. The van der Waals surface area contributed by atoms with E-state index < -0.39 is 17.7 Å². The zero-order valence-electron chi connectivity index (χ0n) is 13.9. The molecule has 1 N–H and O–H groups in total. The summed E-state index contributed by atoms with van der Waals surface area (Å²) in [5.74, 6) is -1.40. The van der Waals surface area contributed by atoms with Gasteiger partial charge < -0.3 is 9.84 Å². The van der Waals surface area contributed by atoms with Gasteiger partial charge in [0.2, 0.25) is 0 Å². The number of ether oxygens (including phenoxy) is 1. The first-order valence-electron chi connectivity index (χ1n) is 8.63. The minimum absolute atomic E-state index is 0.0766. The minimum Gasteiger partial charge on any atom is -0.478 e. The standard InChI is InChI=1S/C18H22F3NO3/c19-18(20,21)14-10-12(9-13(11-14)17(23)24)15-3-1-2-4-16(15)22-5-7-25-8-6-22/h9-11,15-16H,1-8H2,(H,23,24). The maximum Gasteiger partial charge on any atom is 0.416 e. The normalized spacial score (nSPS) is 25.7. The number of hydrogen-bond acceptors (Lipinski definition) is 3. The second-order valence-corrected chi connectivity index (χ2v) is 6.75. The summed E-state index contributed by atoms with van der Waals surface area (Å²) < 4.78 is 45.0.